The van der Waals surface area contributed by atoms with E-state index in [4.69, 9.17) is 18.9 Å². The van der Waals surface area contributed by atoms with E-state index in [1.807, 2.05) is 18.2 Å². The van der Waals surface area contributed by atoms with E-state index in [-0.39, 0.29) is 25.9 Å². The zero-order valence-corrected chi connectivity index (χ0v) is 19.1. The van der Waals surface area contributed by atoms with Crippen LogP contribution in [0.4, 0.5) is 9.59 Å². The van der Waals surface area contributed by atoms with Crippen LogP contribution in [0.15, 0.2) is 30.3 Å². The monoisotopic (exact) mass is 452 g/mol. The van der Waals surface area contributed by atoms with Crippen LogP contribution < -0.4 is 10.6 Å². The summed E-state index contributed by atoms with van der Waals surface area (Å²) in [5, 5.41) is 4.92. The van der Waals surface area contributed by atoms with Gasteiger partial charge >= 0.3 is 24.1 Å². The van der Waals surface area contributed by atoms with Gasteiger partial charge in [-0.15, -0.1) is 0 Å². The smallest absolute Gasteiger partial charge is 0.408 e. The van der Waals surface area contributed by atoms with Crippen molar-refractivity contribution in [1.82, 2.24) is 10.6 Å². The standard InChI is InChI=1S/C22H32N2O8/c1-22(2,3)32-21(28)24-17(19(26)30-5)13-9-12-16(18(25)29-4)23-20(27)31-14-15-10-7-6-8-11-15/h6-8,10-11,16-17H,9,12-14H2,1-5H3,(H,23,27)(H,24,28)/t16-,17+/m1/s1. The average Bonchev–Trinajstić information content (AvgIpc) is 2.74. The van der Waals surface area contributed by atoms with Gasteiger partial charge in [0.2, 0.25) is 0 Å². The van der Waals surface area contributed by atoms with Crippen LogP contribution in [0.5, 0.6) is 0 Å². The van der Waals surface area contributed by atoms with Crippen molar-refractivity contribution in [2.24, 2.45) is 0 Å². The molecule has 10 nitrogen and oxygen atoms in total. The Morgan fingerprint density at radius 2 is 1.34 bits per heavy atom. The molecule has 2 atom stereocenters. The molecule has 32 heavy (non-hydrogen) atoms. The number of esters is 2. The van der Waals surface area contributed by atoms with Crippen molar-refractivity contribution in [2.45, 2.75) is 64.3 Å². The molecule has 1 aromatic carbocycles. The van der Waals surface area contributed by atoms with Gasteiger partial charge in [0, 0.05) is 0 Å². The molecule has 0 unspecified atom stereocenters. The summed E-state index contributed by atoms with van der Waals surface area (Å²) in [6.45, 7) is 5.14. The highest BCUT2D eigenvalue weighted by atomic mass is 16.6. The van der Waals surface area contributed by atoms with Crippen molar-refractivity contribution in [3.8, 4) is 0 Å². The van der Waals surface area contributed by atoms with Gasteiger partial charge < -0.3 is 29.6 Å². The van der Waals surface area contributed by atoms with Gasteiger partial charge in [-0.05, 0) is 45.6 Å². The first-order chi connectivity index (χ1) is 15.1. The van der Waals surface area contributed by atoms with Gasteiger partial charge in [0.1, 0.15) is 24.3 Å². The van der Waals surface area contributed by atoms with Gasteiger partial charge in [0.05, 0.1) is 14.2 Å². The summed E-state index contributed by atoms with van der Waals surface area (Å²) in [6, 6.07) is 7.12. The van der Waals surface area contributed by atoms with Gasteiger partial charge in [0.15, 0.2) is 0 Å². The fraction of sp³-hybridized carbons (Fsp3) is 0.545. The predicted octanol–water partition coefficient (Wildman–Crippen LogP) is 2.69. The molecule has 0 saturated heterocycles. The minimum atomic E-state index is -0.983. The minimum absolute atomic E-state index is 0.0464. The molecule has 2 N–H and O–H groups in total. The lowest BCUT2D eigenvalue weighted by atomic mass is 10.1. The second-order valence-corrected chi connectivity index (χ2v) is 7.93. The van der Waals surface area contributed by atoms with E-state index in [9.17, 15) is 19.2 Å². The predicted molar refractivity (Wildman–Crippen MR) is 115 cm³/mol. The summed E-state index contributed by atoms with van der Waals surface area (Å²) < 4.78 is 19.7. The molecule has 0 heterocycles. The van der Waals surface area contributed by atoms with E-state index in [2.05, 4.69) is 10.6 Å². The summed E-state index contributed by atoms with van der Waals surface area (Å²) in [7, 11) is 2.40. The maximum Gasteiger partial charge on any atom is 0.408 e. The number of carbonyl (C=O) groups is 4. The molecule has 0 spiro atoms. The molecule has 0 aliphatic carbocycles. The fourth-order valence-corrected chi connectivity index (χ4v) is 2.67. The third-order valence-corrected chi connectivity index (χ3v) is 4.15. The van der Waals surface area contributed by atoms with Crippen LogP contribution in [0.1, 0.15) is 45.6 Å². The second kappa shape index (κ2) is 13.2. The first kappa shape index (κ1) is 26.7. The largest absolute Gasteiger partial charge is 0.467 e. The number of hydrogen-bond donors (Lipinski definition) is 2. The quantitative estimate of drug-likeness (QED) is 0.409. The van der Waals surface area contributed by atoms with E-state index in [1.54, 1.807) is 32.9 Å². The summed E-state index contributed by atoms with van der Waals surface area (Å²) in [5.74, 6) is -1.31. The topological polar surface area (TPSA) is 129 Å². The Hall–Kier alpha value is -3.30. The molecule has 1 rings (SSSR count). The van der Waals surface area contributed by atoms with Crippen LogP contribution in [-0.4, -0.2) is 56.0 Å². The first-order valence-electron chi connectivity index (χ1n) is 10.2. The number of amides is 2. The van der Waals surface area contributed by atoms with Crippen molar-refractivity contribution < 1.29 is 38.1 Å². The SMILES string of the molecule is COC(=O)[C@H](CCC[C@@H](NC(=O)OCc1ccccc1)C(=O)OC)NC(=O)OC(C)(C)C. The maximum atomic E-state index is 12.1. The molecule has 0 bridgehead atoms. The lowest BCUT2D eigenvalue weighted by molar-refractivity contribution is -0.143. The molecule has 178 valence electrons. The Balaban J connectivity index is 2.61. The lowest BCUT2D eigenvalue weighted by Gasteiger charge is -2.23. The van der Waals surface area contributed by atoms with Crippen LogP contribution in [0.3, 0.4) is 0 Å². The third-order valence-electron chi connectivity index (χ3n) is 4.15. The lowest BCUT2D eigenvalue weighted by Crippen LogP contribution is -2.45. The molecule has 0 fully saturated rings. The van der Waals surface area contributed by atoms with Gasteiger partial charge in [0.25, 0.3) is 0 Å². The van der Waals surface area contributed by atoms with Crippen molar-refractivity contribution in [1.29, 1.82) is 0 Å². The van der Waals surface area contributed by atoms with Gasteiger partial charge in [-0.2, -0.15) is 0 Å². The highest BCUT2D eigenvalue weighted by molar-refractivity contribution is 5.82. The number of benzene rings is 1. The molecule has 0 radical (unpaired) electrons. The Kier molecular flexibility index (Phi) is 11.0. The fourth-order valence-electron chi connectivity index (χ4n) is 2.67. The minimum Gasteiger partial charge on any atom is -0.467 e. The number of nitrogens with one attached hydrogen (secondary N) is 2. The van der Waals surface area contributed by atoms with E-state index in [0.717, 1.165) is 5.56 Å². The van der Waals surface area contributed by atoms with Gasteiger partial charge in [-0.1, -0.05) is 30.3 Å². The Morgan fingerprint density at radius 3 is 1.81 bits per heavy atom. The molecular formula is C22H32N2O8. The van der Waals surface area contributed by atoms with Crippen molar-refractivity contribution in [3.05, 3.63) is 35.9 Å². The Labute approximate surface area is 187 Å². The van der Waals surface area contributed by atoms with Crippen molar-refractivity contribution in [2.75, 3.05) is 14.2 Å². The number of hydrogen-bond acceptors (Lipinski definition) is 8. The van der Waals surface area contributed by atoms with Crippen LogP contribution in [0, 0.1) is 0 Å². The number of ether oxygens (including phenoxy) is 4. The van der Waals surface area contributed by atoms with Crippen LogP contribution >= 0.6 is 0 Å². The van der Waals surface area contributed by atoms with E-state index >= 15 is 0 Å². The highest BCUT2D eigenvalue weighted by Gasteiger charge is 2.27. The van der Waals surface area contributed by atoms with Gasteiger partial charge in [-0.25, -0.2) is 19.2 Å². The normalized spacial score (nSPS) is 12.7. The van der Waals surface area contributed by atoms with Crippen LogP contribution in [-0.2, 0) is 35.1 Å². The number of rotatable bonds is 10. The third kappa shape index (κ3) is 10.6. The second-order valence-electron chi connectivity index (χ2n) is 7.93. The zero-order chi connectivity index (χ0) is 24.1. The molecule has 0 aliphatic heterocycles. The molecule has 10 heteroatoms. The molecular weight excluding hydrogens is 420 g/mol. The maximum absolute atomic E-state index is 12.1. The molecule has 0 aromatic heterocycles. The summed E-state index contributed by atoms with van der Waals surface area (Å²) in [5.41, 5.74) is 0.0662. The van der Waals surface area contributed by atoms with Crippen LogP contribution in [0.2, 0.25) is 0 Å². The molecule has 2 amide bonds. The Morgan fingerprint density at radius 1 is 0.844 bits per heavy atom. The molecule has 0 saturated carbocycles. The summed E-state index contributed by atoms with van der Waals surface area (Å²) >= 11 is 0. The molecule has 0 aliphatic rings. The summed E-state index contributed by atoms with van der Waals surface area (Å²) in [6.07, 6.45) is -0.953. The number of methoxy groups -OCH3 is 2. The van der Waals surface area contributed by atoms with Gasteiger partial charge in [-0.3, -0.25) is 0 Å². The Bertz CT molecular complexity index is 761. The first-order valence-corrected chi connectivity index (χ1v) is 10.2. The van der Waals surface area contributed by atoms with Crippen molar-refractivity contribution >= 4 is 24.1 Å². The molecule has 1 aromatic rings. The van der Waals surface area contributed by atoms with E-state index < -0.39 is 41.8 Å². The number of carbonyl (C=O) groups excluding carboxylic acids is 4. The zero-order valence-electron chi connectivity index (χ0n) is 19.1. The van der Waals surface area contributed by atoms with E-state index in [0.29, 0.717) is 0 Å². The highest BCUT2D eigenvalue weighted by Crippen LogP contribution is 2.11. The van der Waals surface area contributed by atoms with E-state index in [1.165, 1.54) is 14.2 Å². The summed E-state index contributed by atoms with van der Waals surface area (Å²) in [4.78, 5) is 48.1. The van der Waals surface area contributed by atoms with Crippen LogP contribution in [0.25, 0.3) is 0 Å². The average molecular weight is 453 g/mol. The van der Waals surface area contributed by atoms with Crippen molar-refractivity contribution in [3.63, 3.8) is 0 Å². The number of alkyl carbamates (subject to hydrolysis) is 2.